The molecule has 0 N–H and O–H groups in total. The van der Waals surface area contributed by atoms with Gasteiger partial charge in [-0.05, 0) is 60.4 Å². The summed E-state index contributed by atoms with van der Waals surface area (Å²) in [7, 11) is 0. The standard InChI is InChI=1S/C22H24N2OS2/c1-3-24(18-8-5-4-7-16(18)2)21(25)15-23-12-10-19-17(11-14-27-19)22(23)20-9-6-13-26-20/h4-9,11,13-14,22H,3,10,12,15H2,1-2H3/t22-/m1/s1. The number of amides is 1. The van der Waals surface area contributed by atoms with Crippen LogP contribution in [-0.4, -0.2) is 30.4 Å². The summed E-state index contributed by atoms with van der Waals surface area (Å²) in [4.78, 5) is 20.3. The number of hydrogen-bond donors (Lipinski definition) is 0. The minimum Gasteiger partial charge on any atom is -0.311 e. The lowest BCUT2D eigenvalue weighted by atomic mass is 9.98. The highest BCUT2D eigenvalue weighted by atomic mass is 32.1. The first-order valence-corrected chi connectivity index (χ1v) is 11.1. The molecule has 0 saturated carbocycles. The molecule has 0 radical (unpaired) electrons. The zero-order valence-electron chi connectivity index (χ0n) is 15.7. The predicted octanol–water partition coefficient (Wildman–Crippen LogP) is 5.12. The Morgan fingerprint density at radius 3 is 2.74 bits per heavy atom. The van der Waals surface area contributed by atoms with Crippen LogP contribution in [0.1, 0.15) is 33.8 Å². The Bertz CT molecular complexity index is 916. The molecule has 1 aliphatic heterocycles. The third-order valence-corrected chi connectivity index (χ3v) is 7.16. The molecule has 0 aliphatic carbocycles. The number of likely N-dealkylation sites (N-methyl/N-ethyl adjacent to an activating group) is 1. The van der Waals surface area contributed by atoms with Crippen molar-refractivity contribution in [3.63, 3.8) is 0 Å². The van der Waals surface area contributed by atoms with E-state index in [1.165, 1.54) is 15.3 Å². The van der Waals surface area contributed by atoms with Gasteiger partial charge in [0, 0.05) is 28.5 Å². The van der Waals surface area contributed by atoms with E-state index in [0.717, 1.165) is 24.2 Å². The number of carbonyl (C=O) groups excluding carboxylic acids is 1. The molecule has 1 aliphatic rings. The highest BCUT2D eigenvalue weighted by molar-refractivity contribution is 7.10. The van der Waals surface area contributed by atoms with Gasteiger partial charge in [-0.3, -0.25) is 9.69 Å². The van der Waals surface area contributed by atoms with Crippen molar-refractivity contribution in [2.45, 2.75) is 26.3 Å². The third-order valence-electron chi connectivity index (χ3n) is 5.24. The molecule has 140 valence electrons. The molecular formula is C22H24N2OS2. The molecular weight excluding hydrogens is 372 g/mol. The van der Waals surface area contributed by atoms with Gasteiger partial charge in [0.2, 0.25) is 5.91 Å². The number of aryl methyl sites for hydroxylation is 1. The second-order valence-corrected chi connectivity index (χ2v) is 8.84. The Kier molecular flexibility index (Phi) is 5.43. The number of thiophene rings is 2. The predicted molar refractivity (Wildman–Crippen MR) is 115 cm³/mol. The number of fused-ring (bicyclic) bond motifs is 1. The molecule has 1 atom stereocenters. The minimum atomic E-state index is 0.173. The summed E-state index contributed by atoms with van der Waals surface area (Å²) in [5.41, 5.74) is 3.53. The number of anilines is 1. The van der Waals surface area contributed by atoms with E-state index in [0.29, 0.717) is 13.1 Å². The number of nitrogens with zero attached hydrogens (tertiary/aromatic N) is 2. The Hall–Kier alpha value is -1.95. The van der Waals surface area contributed by atoms with Gasteiger partial charge < -0.3 is 4.90 Å². The van der Waals surface area contributed by atoms with Gasteiger partial charge in [0.1, 0.15) is 0 Å². The second kappa shape index (κ2) is 7.97. The van der Waals surface area contributed by atoms with E-state index in [9.17, 15) is 4.79 Å². The lowest BCUT2D eigenvalue weighted by molar-refractivity contribution is -0.120. The molecule has 1 amide bonds. The van der Waals surface area contributed by atoms with E-state index in [4.69, 9.17) is 0 Å². The Morgan fingerprint density at radius 2 is 2.00 bits per heavy atom. The Labute approximate surface area is 168 Å². The van der Waals surface area contributed by atoms with Crippen LogP contribution in [0, 0.1) is 6.92 Å². The fourth-order valence-electron chi connectivity index (χ4n) is 3.93. The van der Waals surface area contributed by atoms with Crippen LogP contribution in [0.4, 0.5) is 5.69 Å². The maximum atomic E-state index is 13.3. The molecule has 0 spiro atoms. The highest BCUT2D eigenvalue weighted by Crippen LogP contribution is 2.39. The van der Waals surface area contributed by atoms with Crippen molar-refractivity contribution in [1.82, 2.24) is 4.90 Å². The van der Waals surface area contributed by atoms with E-state index in [2.05, 4.69) is 46.8 Å². The summed E-state index contributed by atoms with van der Waals surface area (Å²) in [6, 6.07) is 14.9. The van der Waals surface area contributed by atoms with E-state index in [1.807, 2.05) is 41.4 Å². The molecule has 0 unspecified atom stereocenters. The number of hydrogen-bond acceptors (Lipinski definition) is 4. The summed E-state index contributed by atoms with van der Waals surface area (Å²) in [5, 5.41) is 4.31. The lowest BCUT2D eigenvalue weighted by Crippen LogP contribution is -2.44. The molecule has 0 fully saturated rings. The van der Waals surface area contributed by atoms with Crippen LogP contribution in [0.3, 0.4) is 0 Å². The third kappa shape index (κ3) is 3.59. The largest absolute Gasteiger partial charge is 0.311 e. The first-order valence-electron chi connectivity index (χ1n) is 9.38. The van der Waals surface area contributed by atoms with Crippen LogP contribution in [0.15, 0.2) is 53.2 Å². The van der Waals surface area contributed by atoms with Crippen molar-refractivity contribution < 1.29 is 4.79 Å². The number of benzene rings is 1. The van der Waals surface area contributed by atoms with E-state index in [1.54, 1.807) is 11.3 Å². The SMILES string of the molecule is CCN(C(=O)CN1CCc2sccc2[C@@H]1c1cccs1)c1ccccc1C. The van der Waals surface area contributed by atoms with Gasteiger partial charge in [-0.15, -0.1) is 22.7 Å². The summed E-state index contributed by atoms with van der Waals surface area (Å²) in [6.07, 6.45) is 1.03. The zero-order valence-corrected chi connectivity index (χ0v) is 17.4. The first-order chi connectivity index (χ1) is 13.2. The Balaban J connectivity index is 1.61. The fraction of sp³-hybridized carbons (Fsp3) is 0.318. The van der Waals surface area contributed by atoms with Crippen LogP contribution in [-0.2, 0) is 11.2 Å². The average molecular weight is 397 g/mol. The van der Waals surface area contributed by atoms with Crippen molar-refractivity contribution in [1.29, 1.82) is 0 Å². The monoisotopic (exact) mass is 396 g/mol. The van der Waals surface area contributed by atoms with Crippen LogP contribution < -0.4 is 4.90 Å². The van der Waals surface area contributed by atoms with E-state index in [-0.39, 0.29) is 11.9 Å². The molecule has 0 saturated heterocycles. The molecule has 5 heteroatoms. The summed E-state index contributed by atoms with van der Waals surface area (Å²) in [6.45, 7) is 6.17. The maximum absolute atomic E-state index is 13.3. The molecule has 0 bridgehead atoms. The van der Waals surface area contributed by atoms with Crippen molar-refractivity contribution in [3.05, 3.63) is 74.1 Å². The van der Waals surface area contributed by atoms with Gasteiger partial charge in [-0.1, -0.05) is 24.3 Å². The Morgan fingerprint density at radius 1 is 1.15 bits per heavy atom. The smallest absolute Gasteiger partial charge is 0.241 e. The van der Waals surface area contributed by atoms with Crippen LogP contribution in [0.25, 0.3) is 0 Å². The van der Waals surface area contributed by atoms with E-state index < -0.39 is 0 Å². The minimum absolute atomic E-state index is 0.173. The van der Waals surface area contributed by atoms with Crippen LogP contribution >= 0.6 is 22.7 Å². The molecule has 1 aromatic carbocycles. The van der Waals surface area contributed by atoms with Gasteiger partial charge in [0.05, 0.1) is 12.6 Å². The van der Waals surface area contributed by atoms with Crippen molar-refractivity contribution in [3.8, 4) is 0 Å². The lowest BCUT2D eigenvalue weighted by Gasteiger charge is -2.36. The summed E-state index contributed by atoms with van der Waals surface area (Å²) in [5.74, 6) is 0.173. The molecule has 2 aromatic heterocycles. The highest BCUT2D eigenvalue weighted by Gasteiger charge is 2.32. The fourth-order valence-corrected chi connectivity index (χ4v) is 5.71. The van der Waals surface area contributed by atoms with Gasteiger partial charge in [-0.2, -0.15) is 0 Å². The quantitative estimate of drug-likeness (QED) is 0.598. The zero-order chi connectivity index (χ0) is 18.8. The maximum Gasteiger partial charge on any atom is 0.241 e. The average Bonchev–Trinajstić information content (AvgIpc) is 3.35. The number of rotatable bonds is 5. The molecule has 3 heterocycles. The topological polar surface area (TPSA) is 23.6 Å². The van der Waals surface area contributed by atoms with Crippen molar-refractivity contribution in [2.75, 3.05) is 24.5 Å². The molecule has 27 heavy (non-hydrogen) atoms. The summed E-state index contributed by atoms with van der Waals surface area (Å²) < 4.78 is 0. The number of para-hydroxylation sites is 1. The molecule has 3 nitrogen and oxygen atoms in total. The van der Waals surface area contributed by atoms with Gasteiger partial charge in [0.15, 0.2) is 0 Å². The van der Waals surface area contributed by atoms with Crippen molar-refractivity contribution >= 4 is 34.3 Å². The molecule has 4 rings (SSSR count). The van der Waals surface area contributed by atoms with Crippen LogP contribution in [0.2, 0.25) is 0 Å². The first kappa shape index (κ1) is 18.4. The second-order valence-electron chi connectivity index (χ2n) is 6.86. The van der Waals surface area contributed by atoms with E-state index >= 15 is 0 Å². The summed E-state index contributed by atoms with van der Waals surface area (Å²) >= 11 is 3.62. The van der Waals surface area contributed by atoms with Gasteiger partial charge >= 0.3 is 0 Å². The van der Waals surface area contributed by atoms with Crippen LogP contribution in [0.5, 0.6) is 0 Å². The van der Waals surface area contributed by atoms with Gasteiger partial charge in [0.25, 0.3) is 0 Å². The van der Waals surface area contributed by atoms with Crippen molar-refractivity contribution in [2.24, 2.45) is 0 Å². The molecule has 3 aromatic rings. The van der Waals surface area contributed by atoms with Gasteiger partial charge in [-0.25, -0.2) is 0 Å². The number of carbonyl (C=O) groups is 1. The normalized spacial score (nSPS) is 16.9.